The number of piperidine rings is 1. The van der Waals surface area contributed by atoms with E-state index in [-0.39, 0.29) is 17.7 Å². The number of benzene rings is 2. The molecular formula is C23H25F2N3O2. The highest BCUT2D eigenvalue weighted by Gasteiger charge is 2.20. The number of nitrogens with one attached hydrogen (secondary N) is 1. The number of carbonyl (C=O) groups is 1. The largest absolute Gasteiger partial charge is 0.493 e. The van der Waals surface area contributed by atoms with Gasteiger partial charge in [-0.1, -0.05) is 0 Å². The van der Waals surface area contributed by atoms with Gasteiger partial charge < -0.3 is 15.0 Å². The highest BCUT2D eigenvalue weighted by molar-refractivity contribution is 5.91. The Morgan fingerprint density at radius 3 is 2.53 bits per heavy atom. The molecule has 0 spiro atoms. The maximum absolute atomic E-state index is 13.5. The van der Waals surface area contributed by atoms with Gasteiger partial charge in [0.25, 0.3) is 0 Å². The van der Waals surface area contributed by atoms with Gasteiger partial charge in [-0.05, 0) is 80.4 Å². The Labute approximate surface area is 174 Å². The summed E-state index contributed by atoms with van der Waals surface area (Å²) in [4.78, 5) is 14.8. The lowest BCUT2D eigenvalue weighted by atomic mass is 9.98. The number of hydrogen-bond acceptors (Lipinski definition) is 3. The Bertz CT molecular complexity index is 995. The molecule has 1 amide bonds. The summed E-state index contributed by atoms with van der Waals surface area (Å²) >= 11 is 0. The molecule has 1 N–H and O–H groups in total. The molecule has 7 heteroatoms. The predicted octanol–water partition coefficient (Wildman–Crippen LogP) is 4.27. The summed E-state index contributed by atoms with van der Waals surface area (Å²) in [5.74, 6) is 0.544. The average molecular weight is 413 g/mol. The van der Waals surface area contributed by atoms with Gasteiger partial charge in [0, 0.05) is 24.7 Å². The molecule has 0 aliphatic carbocycles. The van der Waals surface area contributed by atoms with E-state index in [9.17, 15) is 13.6 Å². The Balaban J connectivity index is 1.18. The van der Waals surface area contributed by atoms with E-state index in [0.29, 0.717) is 30.3 Å². The van der Waals surface area contributed by atoms with E-state index >= 15 is 0 Å². The molecule has 2 heterocycles. The van der Waals surface area contributed by atoms with Crippen LogP contribution in [0.1, 0.15) is 12.8 Å². The number of fused-ring (bicyclic) bond motifs is 1. The van der Waals surface area contributed by atoms with Crippen LogP contribution in [0.25, 0.3) is 10.9 Å². The fourth-order valence-electron chi connectivity index (χ4n) is 3.81. The number of carbonyl (C=O) groups excluding carboxylic acids is 1. The van der Waals surface area contributed by atoms with E-state index in [1.165, 1.54) is 28.8 Å². The molecule has 3 aromatic rings. The third-order valence-corrected chi connectivity index (χ3v) is 5.58. The number of hydrogen-bond donors (Lipinski definition) is 1. The summed E-state index contributed by atoms with van der Waals surface area (Å²) in [7, 11) is 0. The molecule has 2 aromatic carbocycles. The molecule has 1 aromatic heterocycles. The Morgan fingerprint density at radius 2 is 1.77 bits per heavy atom. The molecule has 1 aliphatic rings. The van der Waals surface area contributed by atoms with Gasteiger partial charge >= 0.3 is 6.03 Å². The predicted molar refractivity (Wildman–Crippen MR) is 112 cm³/mol. The van der Waals surface area contributed by atoms with Crippen molar-refractivity contribution in [2.45, 2.75) is 12.8 Å². The van der Waals surface area contributed by atoms with Gasteiger partial charge in [-0.2, -0.15) is 0 Å². The van der Waals surface area contributed by atoms with Crippen LogP contribution in [0.4, 0.5) is 13.6 Å². The monoisotopic (exact) mass is 413 g/mol. The summed E-state index contributed by atoms with van der Waals surface area (Å²) in [6.45, 7) is 3.83. The van der Waals surface area contributed by atoms with Gasteiger partial charge in [0.15, 0.2) is 0 Å². The quantitative estimate of drug-likeness (QED) is 0.657. The van der Waals surface area contributed by atoms with Crippen molar-refractivity contribution in [3.63, 3.8) is 0 Å². The van der Waals surface area contributed by atoms with Gasteiger partial charge in [0.1, 0.15) is 17.4 Å². The van der Waals surface area contributed by atoms with E-state index in [1.54, 1.807) is 30.5 Å². The van der Waals surface area contributed by atoms with Crippen molar-refractivity contribution in [3.05, 3.63) is 66.4 Å². The van der Waals surface area contributed by atoms with Crippen molar-refractivity contribution in [1.29, 1.82) is 0 Å². The maximum Gasteiger partial charge on any atom is 0.326 e. The second kappa shape index (κ2) is 9.26. The van der Waals surface area contributed by atoms with Crippen LogP contribution in [-0.2, 0) is 0 Å². The molecule has 0 atom stereocenters. The second-order valence-electron chi connectivity index (χ2n) is 7.67. The van der Waals surface area contributed by atoms with Gasteiger partial charge in [-0.15, -0.1) is 0 Å². The Kier molecular flexibility index (Phi) is 6.28. The molecule has 0 unspecified atom stereocenters. The molecule has 1 saturated heterocycles. The second-order valence-corrected chi connectivity index (χ2v) is 7.67. The normalized spacial score (nSPS) is 15.4. The summed E-state index contributed by atoms with van der Waals surface area (Å²) in [6.07, 6.45) is 3.71. The fraction of sp³-hybridized carbons (Fsp3) is 0.348. The van der Waals surface area contributed by atoms with Crippen molar-refractivity contribution < 1.29 is 18.3 Å². The highest BCUT2D eigenvalue weighted by Crippen LogP contribution is 2.20. The summed E-state index contributed by atoms with van der Waals surface area (Å²) < 4.78 is 33.6. The molecule has 0 saturated carbocycles. The molecule has 1 fully saturated rings. The van der Waals surface area contributed by atoms with E-state index in [0.717, 1.165) is 37.9 Å². The molecule has 0 radical (unpaired) electrons. The SMILES string of the molecule is O=C(NCCN1CCC(COc2ccc(F)cc2)CC1)n1ccc2ccc(F)cc21. The fourth-order valence-corrected chi connectivity index (χ4v) is 3.81. The Morgan fingerprint density at radius 1 is 1.03 bits per heavy atom. The summed E-state index contributed by atoms with van der Waals surface area (Å²) in [6, 6.07) is 12.1. The molecule has 5 nitrogen and oxygen atoms in total. The van der Waals surface area contributed by atoms with E-state index in [2.05, 4.69) is 10.2 Å². The van der Waals surface area contributed by atoms with Crippen molar-refractivity contribution in [3.8, 4) is 5.75 Å². The lowest BCUT2D eigenvalue weighted by Crippen LogP contribution is -2.41. The number of aromatic nitrogens is 1. The molecule has 4 rings (SSSR count). The number of halogens is 2. The van der Waals surface area contributed by atoms with Crippen LogP contribution in [-0.4, -0.2) is 48.3 Å². The van der Waals surface area contributed by atoms with Crippen molar-refractivity contribution in [1.82, 2.24) is 14.8 Å². The molecule has 158 valence electrons. The number of ether oxygens (including phenoxy) is 1. The minimum Gasteiger partial charge on any atom is -0.493 e. The average Bonchev–Trinajstić information content (AvgIpc) is 3.17. The minimum absolute atomic E-state index is 0.252. The minimum atomic E-state index is -0.360. The number of likely N-dealkylation sites (tertiary alicyclic amines) is 1. The van der Waals surface area contributed by atoms with Crippen molar-refractivity contribution in [2.24, 2.45) is 5.92 Å². The van der Waals surface area contributed by atoms with Crippen LogP contribution in [0.5, 0.6) is 5.75 Å². The number of nitrogens with zero attached hydrogens (tertiary/aromatic N) is 2. The topological polar surface area (TPSA) is 46.5 Å². The zero-order valence-electron chi connectivity index (χ0n) is 16.7. The first-order valence-corrected chi connectivity index (χ1v) is 10.2. The zero-order chi connectivity index (χ0) is 20.9. The number of amides is 1. The third-order valence-electron chi connectivity index (χ3n) is 5.58. The van der Waals surface area contributed by atoms with Gasteiger partial charge in [0.2, 0.25) is 0 Å². The standard InChI is InChI=1S/C23H25F2N3O2/c24-19-3-5-21(6-4-19)30-16-17-7-11-27(12-8-17)14-10-26-23(29)28-13-9-18-1-2-20(25)15-22(18)28/h1-6,9,13,15,17H,7-8,10-12,14,16H2,(H,26,29). The van der Waals surface area contributed by atoms with Gasteiger partial charge in [-0.3, -0.25) is 4.57 Å². The van der Waals surface area contributed by atoms with Gasteiger partial charge in [0.05, 0.1) is 12.1 Å². The van der Waals surface area contributed by atoms with Crippen LogP contribution < -0.4 is 10.1 Å². The van der Waals surface area contributed by atoms with Gasteiger partial charge in [-0.25, -0.2) is 13.6 Å². The van der Waals surface area contributed by atoms with E-state index < -0.39 is 0 Å². The van der Waals surface area contributed by atoms with E-state index in [1.807, 2.05) is 0 Å². The molecular weight excluding hydrogens is 388 g/mol. The van der Waals surface area contributed by atoms with Crippen LogP contribution in [0.15, 0.2) is 54.7 Å². The highest BCUT2D eigenvalue weighted by atomic mass is 19.1. The molecule has 30 heavy (non-hydrogen) atoms. The lowest BCUT2D eigenvalue weighted by molar-refractivity contribution is 0.142. The summed E-state index contributed by atoms with van der Waals surface area (Å²) in [5, 5.41) is 3.74. The molecule has 0 bridgehead atoms. The first-order valence-electron chi connectivity index (χ1n) is 10.2. The lowest BCUT2D eigenvalue weighted by Gasteiger charge is -2.31. The first-order chi connectivity index (χ1) is 14.6. The molecule has 1 aliphatic heterocycles. The van der Waals surface area contributed by atoms with Crippen LogP contribution in [0.2, 0.25) is 0 Å². The van der Waals surface area contributed by atoms with Crippen LogP contribution >= 0.6 is 0 Å². The van der Waals surface area contributed by atoms with Crippen LogP contribution in [0.3, 0.4) is 0 Å². The summed E-state index contributed by atoms with van der Waals surface area (Å²) in [5.41, 5.74) is 0.564. The zero-order valence-corrected chi connectivity index (χ0v) is 16.7. The van der Waals surface area contributed by atoms with Crippen molar-refractivity contribution >= 4 is 16.9 Å². The van der Waals surface area contributed by atoms with Crippen LogP contribution in [0, 0.1) is 17.6 Å². The maximum atomic E-state index is 13.5. The first kappa shape index (κ1) is 20.3. The van der Waals surface area contributed by atoms with E-state index in [4.69, 9.17) is 4.74 Å². The van der Waals surface area contributed by atoms with Crippen molar-refractivity contribution in [2.75, 3.05) is 32.8 Å². The Hall–Kier alpha value is -2.93. The third kappa shape index (κ3) is 4.97. The smallest absolute Gasteiger partial charge is 0.326 e. The number of rotatable bonds is 6.